The Morgan fingerprint density at radius 2 is 1.81 bits per heavy atom. The summed E-state index contributed by atoms with van der Waals surface area (Å²) in [5, 5.41) is 8.85. The standard InChI is InChI=1S/C26H29NO5/c1-19(17-25(28)29)7-5-15-32-24-9-4-3-8-22(24)18-27(2)26(30)21-13-11-20(12-14-21)23-10-6-16-31-23/h3-4,6,8-14,16,19H,5,7,15,17-18H2,1-2H3,(H,28,29)/t19-/m1/s1. The predicted octanol–water partition coefficient (Wildman–Crippen LogP) is 5.49. The summed E-state index contributed by atoms with van der Waals surface area (Å²) in [4.78, 5) is 25.3. The number of carboxylic acids is 1. The molecular weight excluding hydrogens is 406 g/mol. The maximum absolute atomic E-state index is 12.9. The molecule has 1 aromatic heterocycles. The Labute approximate surface area is 188 Å². The third-order valence-corrected chi connectivity index (χ3v) is 5.29. The average molecular weight is 436 g/mol. The van der Waals surface area contributed by atoms with Crippen molar-refractivity contribution in [2.24, 2.45) is 5.92 Å². The number of furan rings is 1. The number of para-hydroxylation sites is 1. The Morgan fingerprint density at radius 3 is 2.50 bits per heavy atom. The van der Waals surface area contributed by atoms with E-state index < -0.39 is 5.97 Å². The van der Waals surface area contributed by atoms with Gasteiger partial charge in [0.05, 0.1) is 12.9 Å². The lowest BCUT2D eigenvalue weighted by Crippen LogP contribution is -2.26. The van der Waals surface area contributed by atoms with Crippen LogP contribution in [0, 0.1) is 5.92 Å². The maximum atomic E-state index is 12.9. The van der Waals surface area contributed by atoms with Crippen LogP contribution in [0.15, 0.2) is 71.3 Å². The van der Waals surface area contributed by atoms with Crippen molar-refractivity contribution in [3.63, 3.8) is 0 Å². The Morgan fingerprint density at radius 1 is 1.06 bits per heavy atom. The summed E-state index contributed by atoms with van der Waals surface area (Å²) >= 11 is 0. The first-order chi connectivity index (χ1) is 15.4. The van der Waals surface area contributed by atoms with Crippen molar-refractivity contribution in [3.05, 3.63) is 78.1 Å². The minimum absolute atomic E-state index is 0.0757. The highest BCUT2D eigenvalue weighted by molar-refractivity contribution is 5.94. The first kappa shape index (κ1) is 23.1. The second kappa shape index (κ2) is 11.2. The van der Waals surface area contributed by atoms with E-state index in [0.717, 1.165) is 35.5 Å². The monoisotopic (exact) mass is 435 g/mol. The van der Waals surface area contributed by atoms with Crippen LogP contribution in [0.3, 0.4) is 0 Å². The van der Waals surface area contributed by atoms with E-state index in [1.807, 2.05) is 55.5 Å². The molecule has 3 rings (SSSR count). The molecule has 6 nitrogen and oxygen atoms in total. The first-order valence-corrected chi connectivity index (χ1v) is 10.8. The van der Waals surface area contributed by atoms with Gasteiger partial charge in [-0.2, -0.15) is 0 Å². The number of hydrogen-bond acceptors (Lipinski definition) is 4. The first-order valence-electron chi connectivity index (χ1n) is 10.8. The second-order valence-corrected chi connectivity index (χ2v) is 8.02. The van der Waals surface area contributed by atoms with Crippen LogP contribution >= 0.6 is 0 Å². The van der Waals surface area contributed by atoms with E-state index in [1.54, 1.807) is 30.3 Å². The average Bonchev–Trinajstić information content (AvgIpc) is 3.32. The van der Waals surface area contributed by atoms with Crippen molar-refractivity contribution in [1.82, 2.24) is 4.90 Å². The van der Waals surface area contributed by atoms with E-state index in [9.17, 15) is 9.59 Å². The van der Waals surface area contributed by atoms with Gasteiger partial charge in [-0.15, -0.1) is 0 Å². The van der Waals surface area contributed by atoms with Gasteiger partial charge in [0.1, 0.15) is 11.5 Å². The third-order valence-electron chi connectivity index (χ3n) is 5.29. The molecule has 1 amide bonds. The number of benzene rings is 2. The van der Waals surface area contributed by atoms with Gasteiger partial charge in [0, 0.05) is 36.7 Å². The number of carbonyl (C=O) groups excluding carboxylic acids is 1. The molecule has 0 aliphatic heterocycles. The lowest BCUT2D eigenvalue weighted by molar-refractivity contribution is -0.138. The summed E-state index contributed by atoms with van der Waals surface area (Å²) in [5.41, 5.74) is 2.45. The number of carbonyl (C=O) groups is 2. The topological polar surface area (TPSA) is 80.0 Å². The van der Waals surface area contributed by atoms with Gasteiger partial charge >= 0.3 is 5.97 Å². The Kier molecular flexibility index (Phi) is 8.08. The van der Waals surface area contributed by atoms with Gasteiger partial charge in [0.25, 0.3) is 5.91 Å². The molecule has 0 aliphatic carbocycles. The Balaban J connectivity index is 1.56. The minimum atomic E-state index is -0.771. The van der Waals surface area contributed by atoms with Crippen LogP contribution in [0.2, 0.25) is 0 Å². The van der Waals surface area contributed by atoms with E-state index >= 15 is 0 Å². The maximum Gasteiger partial charge on any atom is 0.303 e. The molecule has 0 unspecified atom stereocenters. The Bertz CT molecular complexity index is 1010. The lowest BCUT2D eigenvalue weighted by atomic mass is 10.0. The van der Waals surface area contributed by atoms with E-state index in [4.69, 9.17) is 14.3 Å². The van der Waals surface area contributed by atoms with E-state index in [0.29, 0.717) is 18.7 Å². The van der Waals surface area contributed by atoms with Crippen LogP contribution < -0.4 is 4.74 Å². The highest BCUT2D eigenvalue weighted by Gasteiger charge is 2.15. The Hall–Kier alpha value is -3.54. The number of ether oxygens (including phenoxy) is 1. The van der Waals surface area contributed by atoms with E-state index in [1.165, 1.54) is 0 Å². The predicted molar refractivity (Wildman–Crippen MR) is 123 cm³/mol. The zero-order valence-corrected chi connectivity index (χ0v) is 18.5. The molecule has 1 N–H and O–H groups in total. The molecule has 0 radical (unpaired) electrons. The van der Waals surface area contributed by atoms with Gasteiger partial charge in [-0.3, -0.25) is 9.59 Å². The van der Waals surface area contributed by atoms with Crippen molar-refractivity contribution < 1.29 is 23.8 Å². The molecule has 168 valence electrons. The molecule has 0 saturated carbocycles. The van der Waals surface area contributed by atoms with Gasteiger partial charge in [-0.25, -0.2) is 0 Å². The molecule has 3 aromatic rings. The molecule has 0 spiro atoms. The minimum Gasteiger partial charge on any atom is -0.493 e. The normalized spacial score (nSPS) is 11.7. The fraction of sp³-hybridized carbons (Fsp3) is 0.308. The fourth-order valence-electron chi connectivity index (χ4n) is 3.56. The largest absolute Gasteiger partial charge is 0.493 e. The number of aliphatic carboxylic acids is 1. The molecule has 32 heavy (non-hydrogen) atoms. The van der Waals surface area contributed by atoms with Crippen molar-refractivity contribution in [3.8, 4) is 17.1 Å². The second-order valence-electron chi connectivity index (χ2n) is 8.02. The zero-order valence-electron chi connectivity index (χ0n) is 18.5. The summed E-state index contributed by atoms with van der Waals surface area (Å²) in [7, 11) is 1.77. The molecule has 1 atom stereocenters. The van der Waals surface area contributed by atoms with Crippen LogP contribution in [0.1, 0.15) is 42.1 Å². The number of nitrogens with zero attached hydrogens (tertiary/aromatic N) is 1. The van der Waals surface area contributed by atoms with Crippen LogP contribution in [0.25, 0.3) is 11.3 Å². The van der Waals surface area contributed by atoms with Gasteiger partial charge in [0.15, 0.2) is 0 Å². The lowest BCUT2D eigenvalue weighted by Gasteiger charge is -2.20. The van der Waals surface area contributed by atoms with Gasteiger partial charge < -0.3 is 19.2 Å². The number of amides is 1. The van der Waals surface area contributed by atoms with Crippen LogP contribution in [-0.2, 0) is 11.3 Å². The summed E-state index contributed by atoms with van der Waals surface area (Å²) in [6.45, 7) is 2.86. The fourth-order valence-corrected chi connectivity index (χ4v) is 3.56. The van der Waals surface area contributed by atoms with Crippen LogP contribution in [0.4, 0.5) is 0 Å². The summed E-state index contributed by atoms with van der Waals surface area (Å²) in [6, 6.07) is 18.7. The molecule has 0 bridgehead atoms. The molecular formula is C26H29NO5. The number of rotatable bonds is 11. The highest BCUT2D eigenvalue weighted by Crippen LogP contribution is 2.23. The molecule has 0 fully saturated rings. The van der Waals surface area contributed by atoms with Gasteiger partial charge in [0.2, 0.25) is 0 Å². The number of carboxylic acid groups (broad SMARTS) is 1. The van der Waals surface area contributed by atoms with Gasteiger partial charge in [-0.1, -0.05) is 37.3 Å². The SMILES string of the molecule is C[C@H](CCCOc1ccccc1CN(C)C(=O)c1ccc(-c2ccco2)cc1)CC(=O)O. The third kappa shape index (κ3) is 6.48. The molecule has 2 aromatic carbocycles. The zero-order chi connectivity index (χ0) is 22.9. The summed E-state index contributed by atoms with van der Waals surface area (Å²) in [5.74, 6) is 0.779. The van der Waals surface area contributed by atoms with Crippen LogP contribution in [-0.4, -0.2) is 35.5 Å². The van der Waals surface area contributed by atoms with Crippen molar-refractivity contribution in [1.29, 1.82) is 0 Å². The van der Waals surface area contributed by atoms with Gasteiger partial charge in [-0.05, 0) is 49.1 Å². The quantitative estimate of drug-likeness (QED) is 0.403. The van der Waals surface area contributed by atoms with Crippen LogP contribution in [0.5, 0.6) is 5.75 Å². The van der Waals surface area contributed by atoms with Crippen molar-refractivity contribution >= 4 is 11.9 Å². The van der Waals surface area contributed by atoms with E-state index in [-0.39, 0.29) is 18.2 Å². The number of hydrogen-bond donors (Lipinski definition) is 1. The van der Waals surface area contributed by atoms with Crippen molar-refractivity contribution in [2.75, 3.05) is 13.7 Å². The molecule has 0 saturated heterocycles. The van der Waals surface area contributed by atoms with Crippen molar-refractivity contribution in [2.45, 2.75) is 32.7 Å². The smallest absolute Gasteiger partial charge is 0.303 e. The summed E-state index contributed by atoms with van der Waals surface area (Å²) < 4.78 is 11.3. The molecule has 0 aliphatic rings. The summed E-state index contributed by atoms with van der Waals surface area (Å²) in [6.07, 6.45) is 3.37. The molecule has 6 heteroatoms. The molecule has 1 heterocycles. The van der Waals surface area contributed by atoms with E-state index in [2.05, 4.69) is 0 Å². The highest BCUT2D eigenvalue weighted by atomic mass is 16.5.